The summed E-state index contributed by atoms with van der Waals surface area (Å²) in [5, 5.41) is 15.6. The van der Waals surface area contributed by atoms with Crippen molar-refractivity contribution in [3.05, 3.63) is 78.2 Å². The fraction of sp³-hybridized carbons (Fsp3) is 0.261. The predicted octanol–water partition coefficient (Wildman–Crippen LogP) is 4.24. The lowest BCUT2D eigenvalue weighted by molar-refractivity contribution is 0.313. The summed E-state index contributed by atoms with van der Waals surface area (Å²) in [6, 6.07) is 18.1. The molecule has 1 heterocycles. The molecule has 4 rings (SSSR count). The third-order valence-electron chi connectivity index (χ3n) is 5.08. The molecule has 1 aliphatic carbocycles. The van der Waals surface area contributed by atoms with E-state index in [4.69, 9.17) is 10.1 Å². The van der Waals surface area contributed by atoms with Gasteiger partial charge in [-0.25, -0.2) is 9.97 Å². The molecule has 0 atom stereocenters. The molecule has 6 heteroatoms. The van der Waals surface area contributed by atoms with Crippen LogP contribution in [0.2, 0.25) is 0 Å². The van der Waals surface area contributed by atoms with E-state index in [0.717, 1.165) is 42.3 Å². The lowest BCUT2D eigenvalue weighted by atomic mass is 9.86. The fourth-order valence-electron chi connectivity index (χ4n) is 3.48. The second-order valence-electron chi connectivity index (χ2n) is 7.17. The van der Waals surface area contributed by atoms with E-state index in [-0.39, 0.29) is 0 Å². The molecule has 148 valence electrons. The number of nitrogens with one attached hydrogen (secondary N) is 3. The monoisotopic (exact) mass is 387 g/mol. The summed E-state index contributed by atoms with van der Waals surface area (Å²) in [6.45, 7) is 3.12. The molecule has 2 aromatic carbocycles. The van der Waals surface area contributed by atoms with Crippen molar-refractivity contribution < 1.29 is 4.74 Å². The number of nitrogens with zero attached hydrogens (tertiary/aromatic N) is 2. The molecule has 0 unspecified atom stereocenters. The number of ether oxygens (including phenoxy) is 1. The Kier molecular flexibility index (Phi) is 5.81. The molecule has 1 fully saturated rings. The number of aromatic nitrogens is 2. The van der Waals surface area contributed by atoms with Crippen molar-refractivity contribution in [2.45, 2.75) is 31.8 Å². The molecular formula is C23H25N5O. The molecule has 0 radical (unpaired) electrons. The van der Waals surface area contributed by atoms with Crippen LogP contribution in [0.15, 0.2) is 67.1 Å². The lowest BCUT2D eigenvalue weighted by Gasteiger charge is -2.36. The van der Waals surface area contributed by atoms with E-state index in [9.17, 15) is 0 Å². The van der Waals surface area contributed by atoms with Crippen LogP contribution in [-0.4, -0.2) is 34.3 Å². The average Bonchev–Trinajstić information content (AvgIpc) is 2.73. The molecule has 1 saturated carbocycles. The van der Waals surface area contributed by atoms with Crippen LogP contribution in [0.4, 0.5) is 5.82 Å². The third kappa shape index (κ3) is 4.60. The van der Waals surface area contributed by atoms with Gasteiger partial charge in [0.1, 0.15) is 23.6 Å². The molecule has 29 heavy (non-hydrogen) atoms. The smallest absolute Gasteiger partial charge is 0.139 e. The van der Waals surface area contributed by atoms with Gasteiger partial charge in [-0.2, -0.15) is 0 Å². The highest BCUT2D eigenvalue weighted by molar-refractivity contribution is 6.13. The standard InChI is InChI=1S/C23H25N5O/c1-2-26-17-12-18(13-17)28-23-21(14-25-15-27-23)22(24)16-8-10-20(11-9-16)29-19-6-4-3-5-7-19/h3-11,14-15,17-18,24,26H,2,12-13H2,1H3,(H,25,27,28). The Morgan fingerprint density at radius 2 is 1.76 bits per heavy atom. The lowest BCUT2D eigenvalue weighted by Crippen LogP contribution is -2.47. The van der Waals surface area contributed by atoms with Crippen LogP contribution in [0.25, 0.3) is 0 Å². The summed E-state index contributed by atoms with van der Waals surface area (Å²) in [6.07, 6.45) is 5.36. The first-order valence-electron chi connectivity index (χ1n) is 9.95. The fourth-order valence-corrected chi connectivity index (χ4v) is 3.48. The van der Waals surface area contributed by atoms with E-state index in [1.54, 1.807) is 6.20 Å². The highest BCUT2D eigenvalue weighted by Crippen LogP contribution is 2.26. The largest absolute Gasteiger partial charge is 0.457 e. The highest BCUT2D eigenvalue weighted by Gasteiger charge is 2.29. The third-order valence-corrected chi connectivity index (χ3v) is 5.08. The molecule has 6 nitrogen and oxygen atoms in total. The maximum atomic E-state index is 8.66. The molecule has 0 amide bonds. The van der Waals surface area contributed by atoms with Gasteiger partial charge in [0.2, 0.25) is 0 Å². The number of para-hydroxylation sites is 1. The van der Waals surface area contributed by atoms with Crippen LogP contribution >= 0.6 is 0 Å². The van der Waals surface area contributed by atoms with Crippen molar-refractivity contribution in [1.82, 2.24) is 15.3 Å². The zero-order chi connectivity index (χ0) is 20.1. The zero-order valence-corrected chi connectivity index (χ0v) is 16.4. The van der Waals surface area contributed by atoms with Gasteiger partial charge in [0, 0.05) is 23.8 Å². The van der Waals surface area contributed by atoms with Crippen molar-refractivity contribution in [3.63, 3.8) is 0 Å². The molecule has 0 spiro atoms. The van der Waals surface area contributed by atoms with Gasteiger partial charge >= 0.3 is 0 Å². The van der Waals surface area contributed by atoms with E-state index in [0.29, 0.717) is 23.4 Å². The van der Waals surface area contributed by atoms with Gasteiger partial charge in [0.15, 0.2) is 0 Å². The van der Waals surface area contributed by atoms with E-state index < -0.39 is 0 Å². The number of benzene rings is 2. The number of hydrogen-bond acceptors (Lipinski definition) is 6. The number of hydrogen-bond donors (Lipinski definition) is 3. The summed E-state index contributed by atoms with van der Waals surface area (Å²) < 4.78 is 5.83. The second kappa shape index (κ2) is 8.84. The summed E-state index contributed by atoms with van der Waals surface area (Å²) in [5.74, 6) is 2.24. The molecule has 1 aromatic heterocycles. The first kappa shape index (κ1) is 19.1. The maximum absolute atomic E-state index is 8.66. The van der Waals surface area contributed by atoms with Gasteiger partial charge in [0.25, 0.3) is 0 Å². The van der Waals surface area contributed by atoms with Gasteiger partial charge < -0.3 is 15.4 Å². The molecule has 0 aliphatic heterocycles. The summed E-state index contributed by atoms with van der Waals surface area (Å²) in [5.41, 5.74) is 1.89. The first-order chi connectivity index (χ1) is 14.2. The molecule has 0 bridgehead atoms. The minimum absolute atomic E-state index is 0.377. The molecule has 0 saturated heterocycles. The minimum Gasteiger partial charge on any atom is -0.457 e. The molecule has 3 aromatic rings. The topological polar surface area (TPSA) is 82.9 Å². The molecule has 1 aliphatic rings. The van der Waals surface area contributed by atoms with E-state index in [2.05, 4.69) is 27.5 Å². The van der Waals surface area contributed by atoms with Crippen molar-refractivity contribution >= 4 is 11.5 Å². The van der Waals surface area contributed by atoms with E-state index >= 15 is 0 Å². The Morgan fingerprint density at radius 1 is 1.03 bits per heavy atom. The average molecular weight is 387 g/mol. The van der Waals surface area contributed by atoms with Crippen LogP contribution < -0.4 is 15.4 Å². The Balaban J connectivity index is 1.44. The first-order valence-corrected chi connectivity index (χ1v) is 9.95. The minimum atomic E-state index is 0.377. The molecule has 3 N–H and O–H groups in total. The normalized spacial score (nSPS) is 18.0. The van der Waals surface area contributed by atoms with Gasteiger partial charge in [-0.15, -0.1) is 0 Å². The van der Waals surface area contributed by atoms with Crippen LogP contribution in [0, 0.1) is 5.41 Å². The second-order valence-corrected chi connectivity index (χ2v) is 7.17. The highest BCUT2D eigenvalue weighted by atomic mass is 16.5. The molecular weight excluding hydrogens is 362 g/mol. The van der Waals surface area contributed by atoms with Crippen molar-refractivity contribution in [3.8, 4) is 11.5 Å². The van der Waals surface area contributed by atoms with Crippen molar-refractivity contribution in [2.75, 3.05) is 11.9 Å². The summed E-state index contributed by atoms with van der Waals surface area (Å²) in [7, 11) is 0. The number of anilines is 1. The Hall–Kier alpha value is -3.25. The van der Waals surface area contributed by atoms with Gasteiger partial charge in [-0.3, -0.25) is 5.41 Å². The van der Waals surface area contributed by atoms with Gasteiger partial charge in [0.05, 0.1) is 11.3 Å². The van der Waals surface area contributed by atoms with Gasteiger partial charge in [-0.1, -0.05) is 25.1 Å². The van der Waals surface area contributed by atoms with E-state index in [1.165, 1.54) is 6.33 Å². The van der Waals surface area contributed by atoms with Crippen LogP contribution in [0.3, 0.4) is 0 Å². The van der Waals surface area contributed by atoms with Crippen LogP contribution in [0.5, 0.6) is 11.5 Å². The quantitative estimate of drug-likeness (QED) is 0.504. The Bertz CT molecular complexity index is 953. The Morgan fingerprint density at radius 3 is 2.48 bits per heavy atom. The Labute approximate surface area is 170 Å². The number of rotatable bonds is 8. The SMILES string of the molecule is CCNC1CC(Nc2ncncc2C(=N)c2ccc(Oc3ccccc3)cc2)C1. The van der Waals surface area contributed by atoms with Gasteiger partial charge in [-0.05, 0) is 55.8 Å². The maximum Gasteiger partial charge on any atom is 0.139 e. The summed E-state index contributed by atoms with van der Waals surface area (Å²) in [4.78, 5) is 8.52. The predicted molar refractivity (Wildman–Crippen MR) is 115 cm³/mol. The van der Waals surface area contributed by atoms with Crippen molar-refractivity contribution in [1.29, 1.82) is 5.41 Å². The zero-order valence-electron chi connectivity index (χ0n) is 16.4. The van der Waals surface area contributed by atoms with Crippen LogP contribution in [-0.2, 0) is 0 Å². The summed E-state index contributed by atoms with van der Waals surface area (Å²) >= 11 is 0. The van der Waals surface area contributed by atoms with Crippen molar-refractivity contribution in [2.24, 2.45) is 0 Å². The van der Waals surface area contributed by atoms with Crippen LogP contribution in [0.1, 0.15) is 30.9 Å². The van der Waals surface area contributed by atoms with E-state index in [1.807, 2.05) is 54.6 Å².